The quantitative estimate of drug-likeness (QED) is 0.371. The maximum absolute atomic E-state index is 4.00. The zero-order valence-electron chi connectivity index (χ0n) is 2.38. The summed E-state index contributed by atoms with van der Waals surface area (Å²) in [7, 11) is 0. The van der Waals surface area contributed by atoms with E-state index in [4.69, 9.17) is 0 Å². The summed E-state index contributed by atoms with van der Waals surface area (Å²) in [4.78, 5) is 0. The molecule has 0 aliphatic carbocycles. The Kier molecular flexibility index (Phi) is 914. The zero-order valence-corrected chi connectivity index (χ0v) is 4.83. The average molecular weight is 141 g/mol. The molecular formula is H7Cl3N2. The molecule has 0 aliphatic rings. The second-order valence-electron chi connectivity index (χ2n) is 0. The Morgan fingerprint density at radius 1 is 0.600 bits per heavy atom. The number of hydrogen-bond donors (Lipinski definition) is 2. The maximum atomic E-state index is 4.00. The second kappa shape index (κ2) is 110. The van der Waals surface area contributed by atoms with Crippen molar-refractivity contribution in [2.75, 3.05) is 0 Å². The van der Waals surface area contributed by atoms with Gasteiger partial charge in [0.2, 0.25) is 0 Å². The molecule has 0 unspecified atom stereocenters. The first-order valence-corrected chi connectivity index (χ1v) is 0.333. The Bertz CT molecular complexity index is 4.85. The van der Waals surface area contributed by atoms with Crippen LogP contribution in [0.3, 0.4) is 0 Å². The molecule has 0 saturated heterocycles. The number of nitrogens with two attached hydrogens (primary N) is 2. The third kappa shape index (κ3) is 59.7. The van der Waals surface area contributed by atoms with Gasteiger partial charge in [0.05, 0.1) is 0 Å². The molecule has 0 radical (unpaired) electrons. The largest absolute Gasteiger partial charge is 0.274 e. The van der Waals surface area contributed by atoms with Gasteiger partial charge in [-0.25, -0.2) is 0 Å². The van der Waals surface area contributed by atoms with Gasteiger partial charge in [-0.2, -0.15) is 0 Å². The van der Waals surface area contributed by atoms with Gasteiger partial charge in [0.15, 0.2) is 0 Å². The summed E-state index contributed by atoms with van der Waals surface area (Å²) < 4.78 is 0. The van der Waals surface area contributed by atoms with Crippen LogP contribution in [0, 0.1) is 0 Å². The van der Waals surface area contributed by atoms with Crippen LogP contribution in [0.5, 0.6) is 0 Å². The van der Waals surface area contributed by atoms with Gasteiger partial charge in [0.25, 0.3) is 0 Å². The van der Waals surface area contributed by atoms with Crippen molar-refractivity contribution in [2.24, 2.45) is 11.7 Å². The molecule has 0 aromatic rings. The minimum atomic E-state index is 0. The lowest BCUT2D eigenvalue weighted by molar-refractivity contribution is 1.26. The molecule has 0 saturated carbocycles. The fourth-order valence-corrected chi connectivity index (χ4v) is 0. The first-order valence-electron chi connectivity index (χ1n) is 0.333. The van der Waals surface area contributed by atoms with Crippen LogP contribution in [0.2, 0.25) is 0 Å². The van der Waals surface area contributed by atoms with Gasteiger partial charge in [-0.3, -0.25) is 11.7 Å². The van der Waals surface area contributed by atoms with Crippen molar-refractivity contribution in [3.63, 3.8) is 0 Å². The average Bonchev–Trinajstić information content (AvgIpc) is 1.00. The molecule has 0 rings (SSSR count). The van der Waals surface area contributed by atoms with E-state index < -0.39 is 0 Å². The summed E-state index contributed by atoms with van der Waals surface area (Å²) >= 11 is 0. The number of hydrazine groups is 1. The monoisotopic (exact) mass is 140 g/mol. The predicted octanol–water partition coefficient (Wildman–Crippen LogP) is 0.0842. The highest BCUT2D eigenvalue weighted by molar-refractivity contribution is 5.86. The molecule has 0 amide bonds. The zero-order chi connectivity index (χ0) is 2.00. The van der Waals surface area contributed by atoms with Gasteiger partial charge in [0, 0.05) is 0 Å². The third-order valence-corrected chi connectivity index (χ3v) is 0. The van der Waals surface area contributed by atoms with Crippen LogP contribution in [-0.2, 0) is 0 Å². The van der Waals surface area contributed by atoms with Crippen LogP contribution in [0.25, 0.3) is 0 Å². The van der Waals surface area contributed by atoms with E-state index in [1.165, 1.54) is 0 Å². The van der Waals surface area contributed by atoms with Crippen LogP contribution in [0.15, 0.2) is 0 Å². The van der Waals surface area contributed by atoms with Crippen LogP contribution >= 0.6 is 37.2 Å². The van der Waals surface area contributed by atoms with Crippen molar-refractivity contribution in [1.82, 2.24) is 0 Å². The molecule has 0 atom stereocenters. The summed E-state index contributed by atoms with van der Waals surface area (Å²) in [6.45, 7) is 0. The standard InChI is InChI=1S/3ClH.H4N2/c;;;1-2/h3*1H;1-2H2. The molecule has 5 heavy (non-hydrogen) atoms. The van der Waals surface area contributed by atoms with Gasteiger partial charge in [0.1, 0.15) is 0 Å². The lowest BCUT2D eigenvalue weighted by atomic mass is 13.0. The molecule has 4 N–H and O–H groups in total. The third-order valence-electron chi connectivity index (χ3n) is 0. The van der Waals surface area contributed by atoms with E-state index in [1.54, 1.807) is 0 Å². The fraction of sp³-hybridized carbons (Fsp3) is 0. The summed E-state index contributed by atoms with van der Waals surface area (Å²) in [5.74, 6) is 8.00. The molecule has 0 fully saturated rings. The van der Waals surface area contributed by atoms with E-state index in [1.807, 2.05) is 0 Å². The van der Waals surface area contributed by atoms with Crippen LogP contribution in [0.4, 0.5) is 0 Å². The molecule has 0 bridgehead atoms. The molecule has 0 aromatic heterocycles. The van der Waals surface area contributed by atoms with Crippen LogP contribution in [-0.4, -0.2) is 0 Å². The minimum absolute atomic E-state index is 0. The highest BCUT2D eigenvalue weighted by atomic mass is 35.5. The Morgan fingerprint density at radius 3 is 0.600 bits per heavy atom. The SMILES string of the molecule is Cl.Cl.Cl.NN. The van der Waals surface area contributed by atoms with E-state index in [-0.39, 0.29) is 37.2 Å². The smallest absolute Gasteiger partial charge is 0.147 e. The molecule has 5 heteroatoms. The van der Waals surface area contributed by atoms with Crippen LogP contribution in [0.1, 0.15) is 0 Å². The Labute approximate surface area is 49.5 Å². The van der Waals surface area contributed by atoms with E-state index >= 15 is 0 Å². The minimum Gasteiger partial charge on any atom is -0.274 e. The van der Waals surface area contributed by atoms with E-state index in [0.717, 1.165) is 0 Å². The van der Waals surface area contributed by atoms with Crippen molar-refractivity contribution < 1.29 is 0 Å². The van der Waals surface area contributed by atoms with Crippen molar-refractivity contribution in [2.45, 2.75) is 0 Å². The first kappa shape index (κ1) is 41.5. The lowest BCUT2D eigenvalue weighted by Gasteiger charge is -1.27. The van der Waals surface area contributed by atoms with Gasteiger partial charge in [-0.05, 0) is 0 Å². The van der Waals surface area contributed by atoms with Crippen LogP contribution < -0.4 is 11.7 Å². The number of hydrogen-bond acceptors (Lipinski definition) is 2. The molecule has 0 spiro atoms. The first-order chi connectivity index (χ1) is 1.00. The molecule has 2 nitrogen and oxygen atoms in total. The second-order valence-corrected chi connectivity index (χ2v) is 0. The molecule has 0 heterocycles. The van der Waals surface area contributed by atoms with Crippen molar-refractivity contribution in [3.8, 4) is 0 Å². The Balaban J connectivity index is -0.00000000167. The van der Waals surface area contributed by atoms with Gasteiger partial charge in [-0.1, -0.05) is 0 Å². The Hall–Kier alpha value is 0.790. The summed E-state index contributed by atoms with van der Waals surface area (Å²) in [5.41, 5.74) is 0. The lowest BCUT2D eigenvalue weighted by Crippen LogP contribution is -2.02. The maximum Gasteiger partial charge on any atom is -0.147 e. The normalized spacial score (nSPS) is 1.20. The Morgan fingerprint density at radius 2 is 0.600 bits per heavy atom. The van der Waals surface area contributed by atoms with E-state index in [0.29, 0.717) is 0 Å². The summed E-state index contributed by atoms with van der Waals surface area (Å²) in [6, 6.07) is 0. The molecule has 0 aromatic carbocycles. The number of halogens is 3. The topological polar surface area (TPSA) is 52.0 Å². The summed E-state index contributed by atoms with van der Waals surface area (Å²) in [6.07, 6.45) is 0. The van der Waals surface area contributed by atoms with Gasteiger partial charge in [-0.15, -0.1) is 37.2 Å². The number of rotatable bonds is 0. The van der Waals surface area contributed by atoms with Crippen molar-refractivity contribution >= 4 is 37.2 Å². The van der Waals surface area contributed by atoms with E-state index in [9.17, 15) is 0 Å². The van der Waals surface area contributed by atoms with Crippen molar-refractivity contribution in [1.29, 1.82) is 0 Å². The van der Waals surface area contributed by atoms with Crippen molar-refractivity contribution in [3.05, 3.63) is 0 Å². The predicted molar refractivity (Wildman–Crippen MR) is 30.1 cm³/mol. The van der Waals surface area contributed by atoms with E-state index in [2.05, 4.69) is 11.7 Å². The fourth-order valence-electron chi connectivity index (χ4n) is 0. The molecular weight excluding hydrogens is 134 g/mol. The highest BCUT2D eigenvalue weighted by Gasteiger charge is 0.726. The van der Waals surface area contributed by atoms with Gasteiger partial charge >= 0.3 is 0 Å². The highest BCUT2D eigenvalue weighted by Crippen LogP contribution is 0.692. The molecule has 0 aliphatic heterocycles. The summed E-state index contributed by atoms with van der Waals surface area (Å²) in [5, 5.41) is 0. The van der Waals surface area contributed by atoms with Gasteiger partial charge < -0.3 is 0 Å². The molecule has 38 valence electrons.